The topological polar surface area (TPSA) is 63.4 Å². The minimum Gasteiger partial charge on any atom is -0.366 e. The summed E-state index contributed by atoms with van der Waals surface area (Å²) in [4.78, 5) is 3.39. The van der Waals surface area contributed by atoms with Crippen LogP contribution in [-0.4, -0.2) is 38.3 Å². The lowest BCUT2D eigenvalue weighted by Crippen LogP contribution is -2.47. The summed E-state index contributed by atoms with van der Waals surface area (Å²) in [6, 6.07) is 6.17. The Hall–Kier alpha value is -0.720. The number of sulfone groups is 1. The summed E-state index contributed by atoms with van der Waals surface area (Å²) in [5.74, 6) is 1.45. The summed E-state index contributed by atoms with van der Waals surface area (Å²) in [5, 5.41) is 0. The molecule has 112 valence electrons. The predicted octanol–water partition coefficient (Wildman–Crippen LogP) is 1.88. The molecule has 0 spiro atoms. The molecule has 0 aromatic heterocycles. The molecule has 0 saturated carbocycles. The highest BCUT2D eigenvalue weighted by Crippen LogP contribution is 2.32. The fourth-order valence-electron chi connectivity index (χ4n) is 2.68. The molecule has 2 rings (SSSR count). The summed E-state index contributed by atoms with van der Waals surface area (Å²) in [6.07, 6.45) is 0. The molecule has 6 heteroatoms. The molecule has 1 aromatic carbocycles. The zero-order valence-electron chi connectivity index (χ0n) is 12.0. The molecule has 1 aliphatic heterocycles. The van der Waals surface area contributed by atoms with Gasteiger partial charge in [-0.2, -0.15) is 0 Å². The fraction of sp³-hybridized carbons (Fsp3) is 0.571. The van der Waals surface area contributed by atoms with Gasteiger partial charge in [0.05, 0.1) is 11.5 Å². The molecule has 0 bridgehead atoms. The number of rotatable bonds is 4. The van der Waals surface area contributed by atoms with E-state index in [-0.39, 0.29) is 17.5 Å². The summed E-state index contributed by atoms with van der Waals surface area (Å²) < 4.78 is 23.4. The Balaban J connectivity index is 2.35. The van der Waals surface area contributed by atoms with Crippen molar-refractivity contribution in [2.75, 3.05) is 28.7 Å². The van der Waals surface area contributed by atoms with E-state index in [9.17, 15) is 8.42 Å². The van der Waals surface area contributed by atoms with E-state index in [2.05, 4.69) is 24.0 Å². The van der Waals surface area contributed by atoms with Crippen molar-refractivity contribution in [3.63, 3.8) is 0 Å². The first kappa shape index (κ1) is 15.7. The van der Waals surface area contributed by atoms with Crippen molar-refractivity contribution in [1.82, 2.24) is 0 Å². The Labute approximate surface area is 125 Å². The van der Waals surface area contributed by atoms with Crippen molar-refractivity contribution in [1.29, 1.82) is 0 Å². The van der Waals surface area contributed by atoms with Gasteiger partial charge in [-0.3, -0.25) is 0 Å². The Morgan fingerprint density at radius 2 is 2.20 bits per heavy atom. The minimum absolute atomic E-state index is 0.000858. The first-order chi connectivity index (χ1) is 9.48. The second-order valence-corrected chi connectivity index (χ2v) is 8.58. The molecule has 1 atom stereocenters. The molecule has 0 radical (unpaired) electrons. The number of anilines is 1. The fourth-order valence-corrected chi connectivity index (χ4v) is 5.08. The molecular weight excluding hydrogens is 292 g/mol. The largest absolute Gasteiger partial charge is 0.366 e. The van der Waals surface area contributed by atoms with Gasteiger partial charge in [0.15, 0.2) is 9.84 Å². The molecule has 20 heavy (non-hydrogen) atoms. The van der Waals surface area contributed by atoms with E-state index in [0.29, 0.717) is 13.1 Å². The van der Waals surface area contributed by atoms with E-state index in [1.165, 1.54) is 4.90 Å². The first-order valence-electron chi connectivity index (χ1n) is 6.90. The molecule has 0 aliphatic carbocycles. The predicted molar refractivity (Wildman–Crippen MR) is 86.2 cm³/mol. The van der Waals surface area contributed by atoms with Crippen LogP contribution in [-0.2, 0) is 16.4 Å². The van der Waals surface area contributed by atoms with Crippen LogP contribution in [0.3, 0.4) is 0 Å². The molecule has 1 fully saturated rings. The maximum absolute atomic E-state index is 11.7. The van der Waals surface area contributed by atoms with Crippen molar-refractivity contribution in [2.24, 2.45) is 5.73 Å². The van der Waals surface area contributed by atoms with Crippen molar-refractivity contribution in [3.05, 3.63) is 23.8 Å². The average molecular weight is 314 g/mol. The number of nitrogens with zero attached hydrogens (tertiary/aromatic N) is 1. The highest BCUT2D eigenvalue weighted by Gasteiger charge is 2.29. The Kier molecular flexibility index (Phi) is 4.99. The Morgan fingerprint density at radius 3 is 2.80 bits per heavy atom. The Morgan fingerprint density at radius 1 is 1.45 bits per heavy atom. The van der Waals surface area contributed by atoms with E-state index in [1.54, 1.807) is 11.8 Å². The van der Waals surface area contributed by atoms with Crippen LogP contribution in [0.1, 0.15) is 19.4 Å². The quantitative estimate of drug-likeness (QED) is 0.860. The molecule has 0 amide bonds. The zero-order chi connectivity index (χ0) is 14.8. The van der Waals surface area contributed by atoms with Crippen molar-refractivity contribution < 1.29 is 8.42 Å². The summed E-state index contributed by atoms with van der Waals surface area (Å²) in [6.45, 7) is 5.12. The molecule has 2 N–H and O–H groups in total. The van der Waals surface area contributed by atoms with Gasteiger partial charge in [0.2, 0.25) is 0 Å². The second-order valence-electron chi connectivity index (χ2n) is 5.05. The normalized spacial score (nSPS) is 21.9. The average Bonchev–Trinajstić information content (AvgIpc) is 2.38. The van der Waals surface area contributed by atoms with Crippen LogP contribution in [0.25, 0.3) is 0 Å². The molecule has 1 saturated heterocycles. The van der Waals surface area contributed by atoms with Crippen molar-refractivity contribution in [3.8, 4) is 0 Å². The number of nitrogens with two attached hydrogens (primary N) is 1. The van der Waals surface area contributed by atoms with Crippen LogP contribution in [0.2, 0.25) is 0 Å². The van der Waals surface area contributed by atoms with E-state index in [1.807, 2.05) is 13.0 Å². The van der Waals surface area contributed by atoms with Gasteiger partial charge in [-0.05, 0) is 24.8 Å². The molecule has 1 heterocycles. The highest BCUT2D eigenvalue weighted by atomic mass is 32.2. The highest BCUT2D eigenvalue weighted by molar-refractivity contribution is 7.99. The van der Waals surface area contributed by atoms with Crippen LogP contribution in [0.4, 0.5) is 5.69 Å². The van der Waals surface area contributed by atoms with Gasteiger partial charge >= 0.3 is 0 Å². The van der Waals surface area contributed by atoms with Crippen molar-refractivity contribution >= 4 is 27.3 Å². The SMILES string of the molecule is CCSc1cccc(N2CCS(=O)(=O)CC2C)c1CN. The molecule has 1 aliphatic rings. The van der Waals surface area contributed by atoms with E-state index in [0.717, 1.165) is 17.0 Å². The van der Waals surface area contributed by atoms with Gasteiger partial charge in [0.1, 0.15) is 0 Å². The first-order valence-corrected chi connectivity index (χ1v) is 9.71. The third-order valence-electron chi connectivity index (χ3n) is 3.59. The molecule has 1 unspecified atom stereocenters. The number of thioether (sulfide) groups is 1. The van der Waals surface area contributed by atoms with Gasteiger partial charge in [0, 0.05) is 35.3 Å². The standard InChI is InChI=1S/C14H22N2O2S2/c1-3-19-14-6-4-5-13(12(14)9-15)16-7-8-20(17,18)10-11(16)2/h4-6,11H,3,7-10,15H2,1-2H3. The van der Waals surface area contributed by atoms with Crippen LogP contribution in [0.15, 0.2) is 23.1 Å². The summed E-state index contributed by atoms with van der Waals surface area (Å²) in [5.41, 5.74) is 8.15. The lowest BCUT2D eigenvalue weighted by Gasteiger charge is -2.36. The maximum Gasteiger partial charge on any atom is 0.154 e. The van der Waals surface area contributed by atoms with Gasteiger partial charge < -0.3 is 10.6 Å². The minimum atomic E-state index is -2.89. The summed E-state index contributed by atoms with van der Waals surface area (Å²) in [7, 11) is -2.89. The van der Waals surface area contributed by atoms with Gasteiger partial charge in [-0.1, -0.05) is 13.0 Å². The third-order valence-corrected chi connectivity index (χ3v) is 6.37. The molecule has 1 aromatic rings. The lowest BCUT2D eigenvalue weighted by molar-refractivity contribution is 0.567. The summed E-state index contributed by atoms with van der Waals surface area (Å²) >= 11 is 1.78. The number of benzene rings is 1. The van der Waals surface area contributed by atoms with E-state index >= 15 is 0 Å². The lowest BCUT2D eigenvalue weighted by atomic mass is 10.1. The smallest absolute Gasteiger partial charge is 0.154 e. The number of hydrogen-bond donors (Lipinski definition) is 1. The van der Waals surface area contributed by atoms with Gasteiger partial charge in [0.25, 0.3) is 0 Å². The van der Waals surface area contributed by atoms with E-state index < -0.39 is 9.84 Å². The van der Waals surface area contributed by atoms with E-state index in [4.69, 9.17) is 5.73 Å². The maximum atomic E-state index is 11.7. The van der Waals surface area contributed by atoms with Crippen LogP contribution >= 0.6 is 11.8 Å². The molecule has 4 nitrogen and oxygen atoms in total. The van der Waals surface area contributed by atoms with Gasteiger partial charge in [-0.15, -0.1) is 11.8 Å². The molecular formula is C14H22N2O2S2. The second kappa shape index (κ2) is 6.37. The monoisotopic (exact) mass is 314 g/mol. The third kappa shape index (κ3) is 3.30. The van der Waals surface area contributed by atoms with Crippen molar-refractivity contribution in [2.45, 2.75) is 31.3 Å². The van der Waals surface area contributed by atoms with Crippen LogP contribution in [0.5, 0.6) is 0 Å². The van der Waals surface area contributed by atoms with Gasteiger partial charge in [-0.25, -0.2) is 8.42 Å². The van der Waals surface area contributed by atoms with Crippen LogP contribution in [0, 0.1) is 0 Å². The number of hydrogen-bond acceptors (Lipinski definition) is 5. The Bertz CT molecular complexity index is 573. The van der Waals surface area contributed by atoms with Crippen LogP contribution < -0.4 is 10.6 Å². The zero-order valence-corrected chi connectivity index (χ0v) is 13.6.